The Labute approximate surface area is 117 Å². The van der Waals surface area contributed by atoms with Crippen LogP contribution in [-0.4, -0.2) is 7.11 Å². The fraction of sp³-hybridized carbons (Fsp3) is 0.188. The molecule has 0 fully saturated rings. The number of hydrogen-bond acceptors (Lipinski definition) is 3. The van der Waals surface area contributed by atoms with Gasteiger partial charge in [-0.05, 0) is 36.2 Å². The number of methoxy groups -OCH3 is 1. The summed E-state index contributed by atoms with van der Waals surface area (Å²) in [5.41, 5.74) is 1.90. The summed E-state index contributed by atoms with van der Waals surface area (Å²) in [5, 5.41) is 12.3. The van der Waals surface area contributed by atoms with Crippen molar-refractivity contribution in [1.82, 2.24) is 0 Å². The molecule has 102 valence electrons. The molecule has 0 heterocycles. The van der Waals surface area contributed by atoms with E-state index in [1.54, 1.807) is 32.2 Å². The summed E-state index contributed by atoms with van der Waals surface area (Å²) in [6.07, 6.45) is 0. The molecular weight excluding hydrogens is 255 g/mol. The number of halogens is 1. The minimum absolute atomic E-state index is 0.310. The van der Waals surface area contributed by atoms with Gasteiger partial charge in [-0.3, -0.25) is 0 Å². The molecule has 0 bridgehead atoms. The molecule has 4 heteroatoms. The Morgan fingerprint density at radius 1 is 1.25 bits per heavy atom. The van der Waals surface area contributed by atoms with Crippen LogP contribution in [0.2, 0.25) is 0 Å². The zero-order valence-corrected chi connectivity index (χ0v) is 11.4. The number of anilines is 1. The Kier molecular flexibility index (Phi) is 4.21. The highest BCUT2D eigenvalue weighted by Crippen LogP contribution is 2.23. The maximum atomic E-state index is 13.6. The lowest BCUT2D eigenvalue weighted by atomic mass is 10.1. The van der Waals surface area contributed by atoms with Crippen molar-refractivity contribution in [3.63, 3.8) is 0 Å². The molecule has 2 aromatic rings. The van der Waals surface area contributed by atoms with Gasteiger partial charge < -0.3 is 10.1 Å². The van der Waals surface area contributed by atoms with E-state index in [1.807, 2.05) is 18.2 Å². The Morgan fingerprint density at radius 2 is 2.05 bits per heavy atom. The van der Waals surface area contributed by atoms with Crippen molar-refractivity contribution in [2.75, 3.05) is 12.4 Å². The van der Waals surface area contributed by atoms with Crippen LogP contribution in [0.5, 0.6) is 5.75 Å². The number of nitrogens with zero attached hydrogens (tertiary/aromatic N) is 1. The van der Waals surface area contributed by atoms with Crippen molar-refractivity contribution in [1.29, 1.82) is 5.26 Å². The van der Waals surface area contributed by atoms with Gasteiger partial charge in [0.25, 0.3) is 0 Å². The summed E-state index contributed by atoms with van der Waals surface area (Å²) in [6, 6.07) is 13.6. The maximum Gasteiger partial charge on any atom is 0.140 e. The lowest BCUT2D eigenvalue weighted by Gasteiger charge is -2.14. The first kappa shape index (κ1) is 13.9. The van der Waals surface area contributed by atoms with Crippen LogP contribution >= 0.6 is 0 Å². The predicted molar refractivity (Wildman–Crippen MR) is 76.1 cm³/mol. The van der Waals surface area contributed by atoms with Gasteiger partial charge >= 0.3 is 0 Å². The van der Waals surface area contributed by atoms with E-state index in [4.69, 9.17) is 4.74 Å². The minimum atomic E-state index is -0.614. The van der Waals surface area contributed by atoms with Gasteiger partial charge in [-0.2, -0.15) is 5.26 Å². The second-order valence-electron chi connectivity index (χ2n) is 4.45. The van der Waals surface area contributed by atoms with Gasteiger partial charge in [-0.1, -0.05) is 18.2 Å². The third-order valence-corrected chi connectivity index (χ3v) is 3.04. The largest absolute Gasteiger partial charge is 0.497 e. The number of hydrogen-bond donors (Lipinski definition) is 1. The molecule has 0 aliphatic rings. The van der Waals surface area contributed by atoms with Crippen LogP contribution in [0.15, 0.2) is 42.5 Å². The van der Waals surface area contributed by atoms with Crippen molar-refractivity contribution >= 4 is 5.69 Å². The quantitative estimate of drug-likeness (QED) is 0.918. The zero-order chi connectivity index (χ0) is 14.5. The summed E-state index contributed by atoms with van der Waals surface area (Å²) in [6.45, 7) is 1.69. The molecule has 0 aliphatic heterocycles. The van der Waals surface area contributed by atoms with Crippen LogP contribution in [0.3, 0.4) is 0 Å². The van der Waals surface area contributed by atoms with Gasteiger partial charge in [0.2, 0.25) is 0 Å². The molecule has 0 aliphatic carbocycles. The molecule has 0 spiro atoms. The van der Waals surface area contributed by atoms with E-state index in [1.165, 1.54) is 6.07 Å². The molecule has 0 amide bonds. The highest BCUT2D eigenvalue weighted by Gasteiger charge is 2.12. The van der Waals surface area contributed by atoms with Crippen molar-refractivity contribution in [3.05, 3.63) is 59.4 Å². The van der Waals surface area contributed by atoms with Crippen LogP contribution in [0.1, 0.15) is 17.2 Å². The first-order valence-electron chi connectivity index (χ1n) is 6.20. The number of aryl methyl sites for hydroxylation is 1. The maximum absolute atomic E-state index is 13.6. The third-order valence-electron chi connectivity index (χ3n) is 3.04. The molecule has 2 aromatic carbocycles. The molecule has 1 N–H and O–H groups in total. The van der Waals surface area contributed by atoms with Gasteiger partial charge in [0.05, 0.1) is 13.2 Å². The topological polar surface area (TPSA) is 45.0 Å². The van der Waals surface area contributed by atoms with Gasteiger partial charge in [0.1, 0.15) is 17.6 Å². The van der Waals surface area contributed by atoms with E-state index >= 15 is 0 Å². The van der Waals surface area contributed by atoms with Crippen LogP contribution in [0.25, 0.3) is 0 Å². The van der Waals surface area contributed by atoms with E-state index in [-0.39, 0.29) is 5.82 Å². The number of nitriles is 1. The summed E-state index contributed by atoms with van der Waals surface area (Å²) in [4.78, 5) is 0. The predicted octanol–water partition coefficient (Wildman–Crippen LogP) is 3.82. The molecule has 3 nitrogen and oxygen atoms in total. The van der Waals surface area contributed by atoms with E-state index in [2.05, 4.69) is 11.4 Å². The Hall–Kier alpha value is -2.54. The second-order valence-corrected chi connectivity index (χ2v) is 4.45. The average molecular weight is 270 g/mol. The third kappa shape index (κ3) is 3.07. The molecule has 1 atom stereocenters. The first-order valence-corrected chi connectivity index (χ1v) is 6.20. The van der Waals surface area contributed by atoms with Gasteiger partial charge in [-0.25, -0.2) is 4.39 Å². The standard InChI is InChI=1S/C16H15FN2O/c1-11-6-7-12(8-15(11)17)16(10-18)19-13-4-3-5-14(9-13)20-2/h3-9,16,19H,1-2H3. The van der Waals surface area contributed by atoms with Crippen molar-refractivity contribution in [3.8, 4) is 11.8 Å². The molecule has 20 heavy (non-hydrogen) atoms. The van der Waals surface area contributed by atoms with Crippen LogP contribution in [-0.2, 0) is 0 Å². The molecule has 0 radical (unpaired) electrons. The summed E-state index contributed by atoms with van der Waals surface area (Å²) >= 11 is 0. The SMILES string of the molecule is COc1cccc(NC(C#N)c2ccc(C)c(F)c2)c1. The molecule has 1 unspecified atom stereocenters. The minimum Gasteiger partial charge on any atom is -0.497 e. The van der Waals surface area contributed by atoms with Gasteiger partial charge in [0, 0.05) is 11.8 Å². The van der Waals surface area contributed by atoms with Crippen molar-refractivity contribution in [2.24, 2.45) is 0 Å². The summed E-state index contributed by atoms with van der Waals surface area (Å²) < 4.78 is 18.7. The van der Waals surface area contributed by atoms with Gasteiger partial charge in [0.15, 0.2) is 0 Å². The Bertz CT molecular complexity index is 649. The normalized spacial score (nSPS) is 11.5. The fourth-order valence-electron chi connectivity index (χ4n) is 1.86. The van der Waals surface area contributed by atoms with Crippen LogP contribution in [0, 0.1) is 24.1 Å². The van der Waals surface area contributed by atoms with E-state index in [0.717, 1.165) is 5.69 Å². The lowest BCUT2D eigenvalue weighted by molar-refractivity contribution is 0.415. The van der Waals surface area contributed by atoms with Crippen molar-refractivity contribution < 1.29 is 9.13 Å². The Morgan fingerprint density at radius 3 is 2.70 bits per heavy atom. The number of ether oxygens (including phenoxy) is 1. The summed E-state index contributed by atoms with van der Waals surface area (Å²) in [7, 11) is 1.58. The first-order chi connectivity index (χ1) is 9.63. The molecular formula is C16H15FN2O. The smallest absolute Gasteiger partial charge is 0.140 e. The van der Waals surface area contributed by atoms with E-state index in [0.29, 0.717) is 16.9 Å². The zero-order valence-electron chi connectivity index (χ0n) is 11.4. The number of nitrogens with one attached hydrogen (secondary N) is 1. The Balaban J connectivity index is 2.24. The van der Waals surface area contributed by atoms with E-state index in [9.17, 15) is 9.65 Å². The number of benzene rings is 2. The van der Waals surface area contributed by atoms with E-state index < -0.39 is 6.04 Å². The highest BCUT2D eigenvalue weighted by molar-refractivity contribution is 5.51. The van der Waals surface area contributed by atoms with Gasteiger partial charge in [-0.15, -0.1) is 0 Å². The van der Waals surface area contributed by atoms with Crippen LogP contribution in [0.4, 0.5) is 10.1 Å². The average Bonchev–Trinajstić information content (AvgIpc) is 2.48. The number of rotatable bonds is 4. The molecule has 0 saturated heterocycles. The highest BCUT2D eigenvalue weighted by atomic mass is 19.1. The molecule has 0 saturated carbocycles. The van der Waals surface area contributed by atoms with Crippen LogP contribution < -0.4 is 10.1 Å². The second kappa shape index (κ2) is 6.07. The summed E-state index contributed by atoms with van der Waals surface area (Å²) in [5.74, 6) is 0.386. The monoisotopic (exact) mass is 270 g/mol. The molecule has 0 aromatic heterocycles. The van der Waals surface area contributed by atoms with Crippen molar-refractivity contribution in [2.45, 2.75) is 13.0 Å². The fourth-order valence-corrected chi connectivity index (χ4v) is 1.86. The lowest BCUT2D eigenvalue weighted by Crippen LogP contribution is -2.09. The molecule has 2 rings (SSSR count).